The summed E-state index contributed by atoms with van der Waals surface area (Å²) in [5.41, 5.74) is 2.18. The highest BCUT2D eigenvalue weighted by molar-refractivity contribution is 5.79. The third kappa shape index (κ3) is 6.63. The third-order valence-electron chi connectivity index (χ3n) is 4.99. The Bertz CT molecular complexity index is 511. The highest BCUT2D eigenvalue weighted by Crippen LogP contribution is 2.16. The Kier molecular flexibility index (Phi) is 9.53. The van der Waals surface area contributed by atoms with E-state index in [0.29, 0.717) is 6.54 Å². The highest BCUT2D eigenvalue weighted by Gasteiger charge is 2.13. The summed E-state index contributed by atoms with van der Waals surface area (Å²) >= 11 is 0. The number of hydrogen-bond acceptors (Lipinski definition) is 4. The molecule has 2 rings (SSSR count). The van der Waals surface area contributed by atoms with Gasteiger partial charge in [0.05, 0.1) is 12.2 Å². The number of nitrogens with one attached hydrogen (secondary N) is 2. The average molecular weight is 364 g/mol. The first-order valence-electron chi connectivity index (χ1n) is 10.5. The molecule has 2 N–H and O–H groups in total. The second kappa shape index (κ2) is 11.9. The van der Waals surface area contributed by atoms with Crippen LogP contribution in [0.2, 0.25) is 0 Å². The van der Waals surface area contributed by atoms with Crippen molar-refractivity contribution in [3.63, 3.8) is 0 Å². The van der Waals surface area contributed by atoms with Gasteiger partial charge >= 0.3 is 0 Å². The fraction of sp³-hybridized carbons (Fsp3) is 0.800. The molecule has 1 saturated heterocycles. The molecule has 6 heteroatoms. The van der Waals surface area contributed by atoms with Gasteiger partial charge in [-0.15, -0.1) is 0 Å². The maximum absolute atomic E-state index is 5.44. The van der Waals surface area contributed by atoms with Crippen molar-refractivity contribution in [1.82, 2.24) is 20.7 Å². The molecule has 0 spiro atoms. The minimum Gasteiger partial charge on any atom is -0.361 e. The Morgan fingerprint density at radius 1 is 1.08 bits per heavy atom. The Labute approximate surface area is 158 Å². The summed E-state index contributed by atoms with van der Waals surface area (Å²) in [5.74, 6) is 1.84. The molecule has 6 nitrogen and oxygen atoms in total. The standard InChI is InChI=1S/C20H37N5O/c1-4-18-17(19(5-2)26-24-18)16-23-20(21-6-3)22-12-11-15-25-13-9-7-8-10-14-25/h4-16H2,1-3H3,(H2,21,22,23). The molecule has 0 saturated carbocycles. The van der Waals surface area contributed by atoms with Crippen molar-refractivity contribution >= 4 is 5.96 Å². The predicted molar refractivity (Wildman–Crippen MR) is 108 cm³/mol. The zero-order chi connectivity index (χ0) is 18.6. The first-order chi connectivity index (χ1) is 12.8. The van der Waals surface area contributed by atoms with Crippen molar-refractivity contribution in [3.8, 4) is 0 Å². The fourth-order valence-electron chi connectivity index (χ4n) is 3.49. The van der Waals surface area contributed by atoms with Gasteiger partial charge in [-0.05, 0) is 52.2 Å². The molecule has 0 radical (unpaired) electrons. The van der Waals surface area contributed by atoms with E-state index in [4.69, 9.17) is 9.52 Å². The molecular formula is C20H37N5O. The van der Waals surface area contributed by atoms with Crippen LogP contribution in [-0.4, -0.2) is 48.7 Å². The number of nitrogens with zero attached hydrogens (tertiary/aromatic N) is 3. The highest BCUT2D eigenvalue weighted by atomic mass is 16.5. The Morgan fingerprint density at radius 2 is 1.85 bits per heavy atom. The zero-order valence-corrected chi connectivity index (χ0v) is 16.9. The minimum atomic E-state index is 0.622. The molecule has 1 aromatic rings. The molecule has 0 amide bonds. The maximum Gasteiger partial charge on any atom is 0.191 e. The Hall–Kier alpha value is -1.56. The van der Waals surface area contributed by atoms with Crippen LogP contribution >= 0.6 is 0 Å². The van der Waals surface area contributed by atoms with Gasteiger partial charge in [0.1, 0.15) is 5.76 Å². The number of aromatic nitrogens is 1. The van der Waals surface area contributed by atoms with Crippen molar-refractivity contribution in [1.29, 1.82) is 0 Å². The number of aryl methyl sites for hydroxylation is 2. The monoisotopic (exact) mass is 363 g/mol. The lowest BCUT2D eigenvalue weighted by atomic mass is 10.1. The summed E-state index contributed by atoms with van der Waals surface area (Å²) in [4.78, 5) is 7.36. The van der Waals surface area contributed by atoms with E-state index in [-0.39, 0.29) is 0 Å². The summed E-state index contributed by atoms with van der Waals surface area (Å²) in [6.45, 7) is 12.5. The van der Waals surface area contributed by atoms with Gasteiger partial charge in [-0.3, -0.25) is 0 Å². The van der Waals surface area contributed by atoms with Crippen LogP contribution in [0.4, 0.5) is 0 Å². The summed E-state index contributed by atoms with van der Waals surface area (Å²) in [7, 11) is 0. The zero-order valence-electron chi connectivity index (χ0n) is 16.9. The molecule has 148 valence electrons. The molecule has 0 aliphatic carbocycles. The topological polar surface area (TPSA) is 65.7 Å². The molecule has 1 aromatic heterocycles. The van der Waals surface area contributed by atoms with Crippen LogP contribution in [0, 0.1) is 0 Å². The lowest BCUT2D eigenvalue weighted by molar-refractivity contribution is 0.282. The fourth-order valence-corrected chi connectivity index (χ4v) is 3.49. The quantitative estimate of drug-likeness (QED) is 0.401. The van der Waals surface area contributed by atoms with E-state index in [1.54, 1.807) is 0 Å². The first kappa shape index (κ1) is 20.7. The SMILES string of the molecule is CCNC(=NCc1c(CC)noc1CC)NCCCN1CCCCCC1. The minimum absolute atomic E-state index is 0.622. The predicted octanol–water partition coefficient (Wildman–Crippen LogP) is 3.12. The number of rotatable bonds is 9. The molecule has 0 bridgehead atoms. The van der Waals surface area contributed by atoms with Gasteiger partial charge < -0.3 is 20.1 Å². The van der Waals surface area contributed by atoms with E-state index in [2.05, 4.69) is 41.5 Å². The number of likely N-dealkylation sites (tertiary alicyclic amines) is 1. The van der Waals surface area contributed by atoms with Crippen molar-refractivity contribution < 1.29 is 4.52 Å². The number of guanidine groups is 1. The van der Waals surface area contributed by atoms with Crippen LogP contribution in [-0.2, 0) is 19.4 Å². The van der Waals surface area contributed by atoms with E-state index in [9.17, 15) is 0 Å². The molecule has 1 aliphatic heterocycles. The van der Waals surface area contributed by atoms with Gasteiger partial charge in [-0.25, -0.2) is 4.99 Å². The lowest BCUT2D eigenvalue weighted by Crippen LogP contribution is -2.39. The molecular weight excluding hydrogens is 326 g/mol. The van der Waals surface area contributed by atoms with E-state index >= 15 is 0 Å². The summed E-state index contributed by atoms with van der Waals surface area (Å²) < 4.78 is 5.44. The van der Waals surface area contributed by atoms with Gasteiger partial charge in [0.15, 0.2) is 5.96 Å². The van der Waals surface area contributed by atoms with Crippen LogP contribution < -0.4 is 10.6 Å². The second-order valence-electron chi connectivity index (χ2n) is 6.97. The summed E-state index contributed by atoms with van der Waals surface area (Å²) in [6, 6.07) is 0. The summed E-state index contributed by atoms with van der Waals surface area (Å²) in [6.07, 6.45) is 8.40. The Balaban J connectivity index is 1.81. The number of hydrogen-bond donors (Lipinski definition) is 2. The molecule has 2 heterocycles. The van der Waals surface area contributed by atoms with E-state index in [1.807, 2.05) is 0 Å². The second-order valence-corrected chi connectivity index (χ2v) is 6.97. The van der Waals surface area contributed by atoms with E-state index in [1.165, 1.54) is 45.3 Å². The Morgan fingerprint density at radius 3 is 2.50 bits per heavy atom. The van der Waals surface area contributed by atoms with Crippen molar-refractivity contribution in [2.75, 3.05) is 32.7 Å². The molecule has 0 atom stereocenters. The molecule has 1 aliphatic rings. The molecule has 0 unspecified atom stereocenters. The van der Waals surface area contributed by atoms with Crippen molar-refractivity contribution in [2.24, 2.45) is 4.99 Å². The van der Waals surface area contributed by atoms with Crippen LogP contribution in [0.5, 0.6) is 0 Å². The number of aliphatic imine (C=N–C) groups is 1. The molecule has 26 heavy (non-hydrogen) atoms. The van der Waals surface area contributed by atoms with Crippen molar-refractivity contribution in [3.05, 3.63) is 17.0 Å². The maximum atomic E-state index is 5.44. The van der Waals surface area contributed by atoms with Gasteiger partial charge in [-0.1, -0.05) is 31.8 Å². The van der Waals surface area contributed by atoms with Crippen LogP contribution in [0.3, 0.4) is 0 Å². The normalized spacial score (nSPS) is 16.5. The van der Waals surface area contributed by atoms with Gasteiger partial charge in [0, 0.05) is 25.1 Å². The van der Waals surface area contributed by atoms with Gasteiger partial charge in [-0.2, -0.15) is 0 Å². The van der Waals surface area contributed by atoms with Gasteiger partial charge in [0.25, 0.3) is 0 Å². The van der Waals surface area contributed by atoms with Crippen LogP contribution in [0.1, 0.15) is 69.9 Å². The lowest BCUT2D eigenvalue weighted by Gasteiger charge is -2.20. The van der Waals surface area contributed by atoms with Crippen LogP contribution in [0.15, 0.2) is 9.52 Å². The smallest absolute Gasteiger partial charge is 0.191 e. The summed E-state index contributed by atoms with van der Waals surface area (Å²) in [5, 5.41) is 11.0. The van der Waals surface area contributed by atoms with Crippen molar-refractivity contribution in [2.45, 2.75) is 72.3 Å². The molecule has 0 aromatic carbocycles. The van der Waals surface area contributed by atoms with E-state index < -0.39 is 0 Å². The average Bonchev–Trinajstić information content (AvgIpc) is 2.87. The third-order valence-corrected chi connectivity index (χ3v) is 4.99. The van der Waals surface area contributed by atoms with Crippen LogP contribution in [0.25, 0.3) is 0 Å². The largest absolute Gasteiger partial charge is 0.361 e. The first-order valence-corrected chi connectivity index (χ1v) is 10.5. The van der Waals surface area contributed by atoms with E-state index in [0.717, 1.165) is 55.3 Å². The molecule has 1 fully saturated rings. The van der Waals surface area contributed by atoms with Gasteiger partial charge in [0.2, 0.25) is 0 Å².